The summed E-state index contributed by atoms with van der Waals surface area (Å²) in [6.07, 6.45) is 1.73. The predicted molar refractivity (Wildman–Crippen MR) is 83.2 cm³/mol. The van der Waals surface area contributed by atoms with E-state index >= 15 is 0 Å². The van der Waals surface area contributed by atoms with Gasteiger partial charge in [-0.15, -0.1) is 0 Å². The van der Waals surface area contributed by atoms with Crippen molar-refractivity contribution in [2.75, 3.05) is 0 Å². The molecule has 0 spiro atoms. The van der Waals surface area contributed by atoms with E-state index in [2.05, 4.69) is 4.98 Å². The first-order valence-corrected chi connectivity index (χ1v) is 6.70. The second kappa shape index (κ2) is 4.56. The number of nitrogens with zero attached hydrogens (tertiary/aromatic N) is 1. The number of hydrogen-bond donors (Lipinski definition) is 0. The first-order chi connectivity index (χ1) is 10.3. The largest absolute Gasteiger partial charge is 0.454 e. The van der Waals surface area contributed by atoms with Crippen LogP contribution in [0.3, 0.4) is 0 Å². The first-order valence-electron chi connectivity index (χ1n) is 6.70. The molecule has 4 aromatic rings. The molecule has 4 rings (SSSR count). The molecule has 0 aliphatic heterocycles. The lowest BCUT2D eigenvalue weighted by molar-refractivity contribution is 0.617. The van der Waals surface area contributed by atoms with Crippen molar-refractivity contribution in [2.24, 2.45) is 0 Å². The van der Waals surface area contributed by atoms with Crippen molar-refractivity contribution in [3.05, 3.63) is 77.1 Å². The SMILES string of the molecule is O=c1cc(-c2nccc3ccccc23)oc2ccccc12. The van der Waals surface area contributed by atoms with Crippen molar-refractivity contribution in [1.82, 2.24) is 4.98 Å². The smallest absolute Gasteiger partial charge is 0.193 e. The topological polar surface area (TPSA) is 43.1 Å². The second-order valence-corrected chi connectivity index (χ2v) is 4.85. The third-order valence-electron chi connectivity index (χ3n) is 3.54. The van der Waals surface area contributed by atoms with Gasteiger partial charge in [-0.2, -0.15) is 0 Å². The fourth-order valence-electron chi connectivity index (χ4n) is 2.54. The molecular formula is C18H11NO2. The Bertz CT molecular complexity index is 1010. The fourth-order valence-corrected chi connectivity index (χ4v) is 2.54. The van der Waals surface area contributed by atoms with Gasteiger partial charge in [0.1, 0.15) is 11.3 Å². The van der Waals surface area contributed by atoms with Crippen LogP contribution in [0, 0.1) is 0 Å². The van der Waals surface area contributed by atoms with Crippen LogP contribution in [-0.2, 0) is 0 Å². The van der Waals surface area contributed by atoms with Gasteiger partial charge < -0.3 is 4.42 Å². The Balaban J connectivity index is 2.07. The summed E-state index contributed by atoms with van der Waals surface area (Å²) in [6.45, 7) is 0. The Hall–Kier alpha value is -2.94. The molecule has 0 saturated heterocycles. The molecule has 3 nitrogen and oxygen atoms in total. The van der Waals surface area contributed by atoms with Crippen LogP contribution in [0.5, 0.6) is 0 Å². The monoisotopic (exact) mass is 273 g/mol. The molecular weight excluding hydrogens is 262 g/mol. The fraction of sp³-hybridized carbons (Fsp3) is 0. The minimum Gasteiger partial charge on any atom is -0.454 e. The van der Waals surface area contributed by atoms with Gasteiger partial charge in [-0.25, -0.2) is 0 Å². The Morgan fingerprint density at radius 2 is 1.62 bits per heavy atom. The van der Waals surface area contributed by atoms with Gasteiger partial charge in [-0.05, 0) is 23.6 Å². The molecule has 0 saturated carbocycles. The maximum absolute atomic E-state index is 12.2. The standard InChI is InChI=1S/C18H11NO2/c20-15-11-17(21-16-8-4-3-7-14(15)16)18-13-6-2-1-5-12(13)9-10-19-18/h1-11H. The highest BCUT2D eigenvalue weighted by Crippen LogP contribution is 2.27. The van der Waals surface area contributed by atoms with Crippen molar-refractivity contribution in [3.8, 4) is 11.5 Å². The van der Waals surface area contributed by atoms with Gasteiger partial charge in [0.05, 0.1) is 5.39 Å². The molecule has 2 aromatic carbocycles. The second-order valence-electron chi connectivity index (χ2n) is 4.85. The van der Waals surface area contributed by atoms with E-state index in [0.29, 0.717) is 22.4 Å². The van der Waals surface area contributed by atoms with Gasteiger partial charge in [0.25, 0.3) is 0 Å². The van der Waals surface area contributed by atoms with E-state index in [1.54, 1.807) is 18.3 Å². The van der Waals surface area contributed by atoms with Crippen LogP contribution >= 0.6 is 0 Å². The summed E-state index contributed by atoms with van der Waals surface area (Å²) in [4.78, 5) is 16.6. The first kappa shape index (κ1) is 11.9. The quantitative estimate of drug-likeness (QED) is 0.526. The number of para-hydroxylation sites is 1. The molecule has 0 radical (unpaired) electrons. The van der Waals surface area contributed by atoms with E-state index in [9.17, 15) is 4.79 Å². The summed E-state index contributed by atoms with van der Waals surface area (Å²) in [6, 6.07) is 18.6. The Morgan fingerprint density at radius 3 is 2.52 bits per heavy atom. The van der Waals surface area contributed by atoms with E-state index in [1.165, 1.54) is 6.07 Å². The van der Waals surface area contributed by atoms with Gasteiger partial charge in [0.15, 0.2) is 11.2 Å². The minimum absolute atomic E-state index is 0.0541. The van der Waals surface area contributed by atoms with E-state index in [1.807, 2.05) is 42.5 Å². The van der Waals surface area contributed by atoms with E-state index in [-0.39, 0.29) is 5.43 Å². The molecule has 0 amide bonds. The summed E-state index contributed by atoms with van der Waals surface area (Å²) in [5.74, 6) is 0.496. The summed E-state index contributed by atoms with van der Waals surface area (Å²) >= 11 is 0. The van der Waals surface area contributed by atoms with E-state index in [4.69, 9.17) is 4.42 Å². The number of fused-ring (bicyclic) bond motifs is 2. The van der Waals surface area contributed by atoms with Crippen LogP contribution in [0.4, 0.5) is 0 Å². The summed E-state index contributed by atoms with van der Waals surface area (Å²) in [5.41, 5.74) is 1.22. The Labute approximate surface area is 120 Å². The third-order valence-corrected chi connectivity index (χ3v) is 3.54. The van der Waals surface area contributed by atoms with Crippen LogP contribution in [-0.4, -0.2) is 4.98 Å². The maximum atomic E-state index is 12.2. The number of hydrogen-bond acceptors (Lipinski definition) is 3. The molecule has 2 aromatic heterocycles. The van der Waals surface area contributed by atoms with Crippen molar-refractivity contribution >= 4 is 21.7 Å². The van der Waals surface area contributed by atoms with Crippen LogP contribution < -0.4 is 5.43 Å². The summed E-state index contributed by atoms with van der Waals surface area (Å²) in [7, 11) is 0. The van der Waals surface area contributed by atoms with Crippen LogP contribution in [0.1, 0.15) is 0 Å². The van der Waals surface area contributed by atoms with Crippen molar-refractivity contribution in [1.29, 1.82) is 0 Å². The number of pyridine rings is 1. The zero-order valence-electron chi connectivity index (χ0n) is 11.1. The molecule has 0 bridgehead atoms. The maximum Gasteiger partial charge on any atom is 0.193 e. The highest BCUT2D eigenvalue weighted by Gasteiger charge is 2.10. The van der Waals surface area contributed by atoms with Gasteiger partial charge in [0, 0.05) is 17.6 Å². The molecule has 0 atom stereocenters. The molecule has 100 valence electrons. The van der Waals surface area contributed by atoms with Crippen molar-refractivity contribution in [3.63, 3.8) is 0 Å². The average molecular weight is 273 g/mol. The predicted octanol–water partition coefficient (Wildman–Crippen LogP) is 4.01. The van der Waals surface area contributed by atoms with Crippen molar-refractivity contribution in [2.45, 2.75) is 0 Å². The highest BCUT2D eigenvalue weighted by atomic mass is 16.3. The molecule has 3 heteroatoms. The van der Waals surface area contributed by atoms with Gasteiger partial charge >= 0.3 is 0 Å². The lowest BCUT2D eigenvalue weighted by atomic mass is 10.1. The molecule has 0 aliphatic carbocycles. The average Bonchev–Trinajstić information content (AvgIpc) is 2.54. The molecule has 0 unspecified atom stereocenters. The van der Waals surface area contributed by atoms with Gasteiger partial charge in [-0.3, -0.25) is 9.78 Å². The van der Waals surface area contributed by atoms with Crippen LogP contribution in [0.2, 0.25) is 0 Å². The normalized spacial score (nSPS) is 11.0. The number of benzene rings is 2. The van der Waals surface area contributed by atoms with E-state index in [0.717, 1.165) is 10.8 Å². The van der Waals surface area contributed by atoms with Gasteiger partial charge in [-0.1, -0.05) is 36.4 Å². The van der Waals surface area contributed by atoms with Crippen LogP contribution in [0.15, 0.2) is 76.1 Å². The minimum atomic E-state index is -0.0541. The summed E-state index contributed by atoms with van der Waals surface area (Å²) in [5, 5.41) is 2.62. The third kappa shape index (κ3) is 1.91. The Kier molecular flexibility index (Phi) is 2.57. The number of aromatic nitrogens is 1. The van der Waals surface area contributed by atoms with Gasteiger partial charge in [0.2, 0.25) is 0 Å². The zero-order valence-corrected chi connectivity index (χ0v) is 11.1. The Morgan fingerprint density at radius 1 is 0.857 bits per heavy atom. The van der Waals surface area contributed by atoms with Crippen LogP contribution in [0.25, 0.3) is 33.2 Å². The van der Waals surface area contributed by atoms with Crippen molar-refractivity contribution < 1.29 is 4.42 Å². The summed E-state index contributed by atoms with van der Waals surface area (Å²) < 4.78 is 5.87. The lowest BCUT2D eigenvalue weighted by Gasteiger charge is -2.05. The molecule has 2 heterocycles. The van der Waals surface area contributed by atoms with E-state index < -0.39 is 0 Å². The highest BCUT2D eigenvalue weighted by molar-refractivity contribution is 5.93. The lowest BCUT2D eigenvalue weighted by Crippen LogP contribution is -2.00. The molecule has 0 aliphatic rings. The zero-order chi connectivity index (χ0) is 14.2. The molecule has 21 heavy (non-hydrogen) atoms. The molecule has 0 N–H and O–H groups in total. The number of rotatable bonds is 1. The molecule has 0 fully saturated rings.